The minimum atomic E-state index is -0.945. The van der Waals surface area contributed by atoms with Crippen molar-refractivity contribution in [2.45, 2.75) is 42.6 Å². The van der Waals surface area contributed by atoms with Crippen LogP contribution < -0.4 is 4.46 Å². The van der Waals surface area contributed by atoms with E-state index in [9.17, 15) is 14.4 Å². The Bertz CT molecular complexity index is 1320. The zero-order valence-corrected chi connectivity index (χ0v) is 22.2. The number of carbonyl (C=O) groups excluding carboxylic acids is 3. The molecule has 3 aliphatic rings. The van der Waals surface area contributed by atoms with E-state index in [4.69, 9.17) is 18.9 Å². The molecule has 194 valence electrons. The SMILES string of the molecule is CC(=O)O[C@H]1[C@@H]2OC(c3ccccc3)OC[C@H]2O[C@@H]([Se]c2ccccc2)[C@@H]1N1C(=O)c2ccccc2C1=O. The van der Waals surface area contributed by atoms with Crippen LogP contribution >= 0.6 is 0 Å². The molecule has 0 spiro atoms. The third kappa shape index (κ3) is 4.57. The molecule has 3 aromatic carbocycles. The Labute approximate surface area is 226 Å². The van der Waals surface area contributed by atoms with Crippen molar-refractivity contribution in [3.63, 3.8) is 0 Å². The number of amides is 2. The van der Waals surface area contributed by atoms with Gasteiger partial charge >= 0.3 is 226 Å². The van der Waals surface area contributed by atoms with Crippen molar-refractivity contribution in [2.75, 3.05) is 6.61 Å². The molecule has 0 radical (unpaired) electrons. The van der Waals surface area contributed by atoms with E-state index in [0.717, 1.165) is 10.0 Å². The molecule has 6 atom stereocenters. The molecule has 0 N–H and O–H groups in total. The van der Waals surface area contributed by atoms with Gasteiger partial charge in [-0.3, -0.25) is 0 Å². The van der Waals surface area contributed by atoms with Crippen LogP contribution in [0.4, 0.5) is 0 Å². The van der Waals surface area contributed by atoms with E-state index in [0.29, 0.717) is 11.1 Å². The molecule has 2 saturated heterocycles. The quantitative estimate of drug-likeness (QED) is 0.261. The Morgan fingerprint density at radius 1 is 0.868 bits per heavy atom. The Kier molecular flexibility index (Phi) is 6.86. The number of benzene rings is 3. The second-order valence-electron chi connectivity index (χ2n) is 9.24. The molecule has 3 aromatic rings. The number of ether oxygens (including phenoxy) is 4. The van der Waals surface area contributed by atoms with E-state index in [1.807, 2.05) is 60.7 Å². The van der Waals surface area contributed by atoms with Crippen LogP contribution in [0, 0.1) is 0 Å². The van der Waals surface area contributed by atoms with Gasteiger partial charge in [-0.25, -0.2) is 0 Å². The molecule has 2 fully saturated rings. The van der Waals surface area contributed by atoms with Crippen molar-refractivity contribution in [3.8, 4) is 0 Å². The molecule has 6 rings (SSSR count). The average Bonchev–Trinajstić information content (AvgIpc) is 3.19. The van der Waals surface area contributed by atoms with Crippen molar-refractivity contribution < 1.29 is 33.3 Å². The van der Waals surface area contributed by atoms with Crippen LogP contribution in [0.25, 0.3) is 0 Å². The molecule has 9 heteroatoms. The minimum absolute atomic E-state index is 0.207. The van der Waals surface area contributed by atoms with Crippen LogP contribution in [0.5, 0.6) is 0 Å². The molecule has 0 aromatic heterocycles. The summed E-state index contributed by atoms with van der Waals surface area (Å²) in [6.07, 6.45) is -2.96. The Hall–Kier alpha value is -3.33. The van der Waals surface area contributed by atoms with E-state index in [2.05, 4.69) is 0 Å². The zero-order valence-electron chi connectivity index (χ0n) is 20.5. The van der Waals surface area contributed by atoms with E-state index >= 15 is 0 Å². The number of carbonyl (C=O) groups is 3. The molecule has 38 heavy (non-hydrogen) atoms. The molecule has 3 heterocycles. The molecule has 8 nitrogen and oxygen atoms in total. The average molecular weight is 578 g/mol. The fraction of sp³-hybridized carbons (Fsp3) is 0.276. The maximum atomic E-state index is 13.6. The number of hydrogen-bond acceptors (Lipinski definition) is 7. The molecule has 0 bridgehead atoms. The molecular weight excluding hydrogens is 553 g/mol. The number of rotatable bonds is 5. The number of fused-ring (bicyclic) bond motifs is 2. The summed E-state index contributed by atoms with van der Waals surface area (Å²) in [5, 5.41) is -0.599. The monoisotopic (exact) mass is 579 g/mol. The van der Waals surface area contributed by atoms with Crippen molar-refractivity contribution >= 4 is 37.2 Å². The first-order chi connectivity index (χ1) is 18.5. The number of esters is 1. The fourth-order valence-electron chi connectivity index (χ4n) is 5.15. The first kappa shape index (κ1) is 25.0. The van der Waals surface area contributed by atoms with Crippen molar-refractivity contribution in [1.82, 2.24) is 4.90 Å². The van der Waals surface area contributed by atoms with E-state index < -0.39 is 53.4 Å². The molecule has 0 saturated carbocycles. The van der Waals surface area contributed by atoms with Crippen LogP contribution in [-0.2, 0) is 23.7 Å². The second kappa shape index (κ2) is 10.4. The Balaban J connectivity index is 1.41. The van der Waals surface area contributed by atoms with Gasteiger partial charge in [-0.2, -0.15) is 0 Å². The zero-order chi connectivity index (χ0) is 26.2. The first-order valence-corrected chi connectivity index (χ1v) is 14.2. The van der Waals surface area contributed by atoms with E-state index in [-0.39, 0.29) is 21.6 Å². The van der Waals surface area contributed by atoms with Gasteiger partial charge in [0.2, 0.25) is 0 Å². The predicted molar refractivity (Wildman–Crippen MR) is 137 cm³/mol. The third-order valence-electron chi connectivity index (χ3n) is 6.80. The van der Waals surface area contributed by atoms with Gasteiger partial charge in [0.1, 0.15) is 0 Å². The normalized spacial score (nSPS) is 28.5. The summed E-state index contributed by atoms with van der Waals surface area (Å²) in [4.78, 5) is 40.9. The van der Waals surface area contributed by atoms with Gasteiger partial charge in [-0.1, -0.05) is 0 Å². The van der Waals surface area contributed by atoms with Gasteiger partial charge in [0.15, 0.2) is 0 Å². The Morgan fingerprint density at radius 3 is 2.11 bits per heavy atom. The van der Waals surface area contributed by atoms with Gasteiger partial charge in [0.25, 0.3) is 0 Å². The fourth-order valence-corrected chi connectivity index (χ4v) is 7.66. The van der Waals surface area contributed by atoms with E-state index in [1.54, 1.807) is 24.3 Å². The summed E-state index contributed by atoms with van der Waals surface area (Å²) >= 11 is -0.332. The van der Waals surface area contributed by atoms with Crippen molar-refractivity contribution in [3.05, 3.63) is 102 Å². The van der Waals surface area contributed by atoms with Gasteiger partial charge in [-0.15, -0.1) is 0 Å². The van der Waals surface area contributed by atoms with Crippen LogP contribution in [0.1, 0.15) is 39.5 Å². The topological polar surface area (TPSA) is 91.4 Å². The van der Waals surface area contributed by atoms with Gasteiger partial charge in [-0.05, 0) is 0 Å². The molecular formula is C29H25NO7Se. The summed E-state index contributed by atoms with van der Waals surface area (Å²) in [7, 11) is 0. The molecule has 1 unspecified atom stereocenters. The Morgan fingerprint density at radius 2 is 1.47 bits per heavy atom. The van der Waals surface area contributed by atoms with Crippen LogP contribution in [0.2, 0.25) is 0 Å². The predicted octanol–water partition coefficient (Wildman–Crippen LogP) is 2.45. The number of nitrogens with zero attached hydrogens (tertiary/aromatic N) is 1. The maximum absolute atomic E-state index is 13.6. The summed E-state index contributed by atoms with van der Waals surface area (Å²) in [5.41, 5.74) is 1.45. The molecule has 0 aliphatic carbocycles. The van der Waals surface area contributed by atoms with E-state index in [1.165, 1.54) is 11.8 Å². The van der Waals surface area contributed by atoms with Gasteiger partial charge < -0.3 is 0 Å². The standard InChI is InChI=1S/C29H25NO7Se/c1-17(31)35-25-23(30-26(32)20-14-8-9-15-21(20)27(30)33)29(38-19-12-6-3-7-13-19)36-22-16-34-28(37-24(22)25)18-10-4-2-5-11-18/h2-15,22-25,28-29H,16H2,1H3/t22-,23-,24-,25-,28?,29+/m1/s1. The number of imide groups is 1. The summed E-state index contributed by atoms with van der Waals surface area (Å²) in [6, 6.07) is 25.0. The van der Waals surface area contributed by atoms with Crippen LogP contribution in [0.3, 0.4) is 0 Å². The molecule has 2 amide bonds. The van der Waals surface area contributed by atoms with Gasteiger partial charge in [0.05, 0.1) is 0 Å². The third-order valence-corrected chi connectivity index (χ3v) is 9.25. The molecule has 3 aliphatic heterocycles. The van der Waals surface area contributed by atoms with Gasteiger partial charge in [0, 0.05) is 0 Å². The van der Waals surface area contributed by atoms with Crippen LogP contribution in [-0.4, -0.2) is 73.6 Å². The second-order valence-corrected chi connectivity index (χ2v) is 11.7. The van der Waals surface area contributed by atoms with Crippen LogP contribution in [0.15, 0.2) is 84.9 Å². The van der Waals surface area contributed by atoms with Crippen molar-refractivity contribution in [2.24, 2.45) is 0 Å². The van der Waals surface area contributed by atoms with Crippen molar-refractivity contribution in [1.29, 1.82) is 0 Å². The summed E-state index contributed by atoms with van der Waals surface area (Å²) < 4.78 is 25.8. The number of hydrogen-bond donors (Lipinski definition) is 0. The summed E-state index contributed by atoms with van der Waals surface area (Å²) in [6.45, 7) is 1.52. The first-order valence-electron chi connectivity index (χ1n) is 12.3. The summed E-state index contributed by atoms with van der Waals surface area (Å²) in [5.74, 6) is -1.40.